The zero-order valence-electron chi connectivity index (χ0n) is 6.39. The first kappa shape index (κ1) is 9.57. The van der Waals surface area contributed by atoms with Crippen molar-refractivity contribution in [1.82, 2.24) is 0 Å². The average Bonchev–Trinajstić information content (AvgIpc) is 2.02. The smallest absolute Gasteiger partial charge is 0.416 e. The van der Waals surface area contributed by atoms with Crippen molar-refractivity contribution in [3.63, 3.8) is 0 Å². The van der Waals surface area contributed by atoms with E-state index in [1.54, 1.807) is 0 Å². The molecule has 0 saturated heterocycles. The van der Waals surface area contributed by atoms with Gasteiger partial charge in [-0.3, -0.25) is 0 Å². The molecule has 0 atom stereocenters. The van der Waals surface area contributed by atoms with Gasteiger partial charge in [-0.1, -0.05) is 0 Å². The van der Waals surface area contributed by atoms with Gasteiger partial charge < -0.3 is 10.5 Å². The van der Waals surface area contributed by atoms with Crippen molar-refractivity contribution in [3.05, 3.63) is 29.3 Å². The Morgan fingerprint density at radius 1 is 1.31 bits per heavy atom. The predicted molar refractivity (Wildman–Crippen MR) is 41.0 cm³/mol. The SMILES string of the molecule is N=Cc1ccc(C(F)(F)F)cc1O. The van der Waals surface area contributed by atoms with Gasteiger partial charge in [0, 0.05) is 11.8 Å². The monoisotopic (exact) mass is 189 g/mol. The van der Waals surface area contributed by atoms with E-state index >= 15 is 0 Å². The van der Waals surface area contributed by atoms with Gasteiger partial charge in [-0.05, 0) is 18.2 Å². The Hall–Kier alpha value is -1.52. The quantitative estimate of drug-likeness (QED) is 0.654. The highest BCUT2D eigenvalue weighted by atomic mass is 19.4. The van der Waals surface area contributed by atoms with Gasteiger partial charge in [0.15, 0.2) is 0 Å². The van der Waals surface area contributed by atoms with Gasteiger partial charge in [-0.2, -0.15) is 13.2 Å². The highest BCUT2D eigenvalue weighted by Gasteiger charge is 2.30. The van der Waals surface area contributed by atoms with Crippen molar-refractivity contribution in [3.8, 4) is 5.75 Å². The summed E-state index contributed by atoms with van der Waals surface area (Å²) in [6, 6.07) is 2.46. The van der Waals surface area contributed by atoms with Gasteiger partial charge in [0.05, 0.1) is 5.56 Å². The second kappa shape index (κ2) is 3.08. The molecule has 0 aliphatic heterocycles. The maximum absolute atomic E-state index is 12.0. The Morgan fingerprint density at radius 2 is 1.92 bits per heavy atom. The van der Waals surface area contributed by atoms with Crippen LogP contribution in [0.1, 0.15) is 11.1 Å². The molecule has 0 radical (unpaired) electrons. The lowest BCUT2D eigenvalue weighted by molar-refractivity contribution is -0.137. The second-order valence-electron chi connectivity index (χ2n) is 2.42. The normalized spacial score (nSPS) is 11.3. The molecular formula is C8H6F3NO. The summed E-state index contributed by atoms with van der Waals surface area (Å²) >= 11 is 0. The van der Waals surface area contributed by atoms with Crippen LogP contribution in [-0.4, -0.2) is 11.3 Å². The van der Waals surface area contributed by atoms with Crippen molar-refractivity contribution in [2.45, 2.75) is 6.18 Å². The molecular weight excluding hydrogens is 183 g/mol. The fraction of sp³-hybridized carbons (Fsp3) is 0.125. The molecule has 70 valence electrons. The third-order valence-electron chi connectivity index (χ3n) is 1.51. The number of aromatic hydroxyl groups is 1. The number of rotatable bonds is 1. The molecule has 0 amide bonds. The summed E-state index contributed by atoms with van der Waals surface area (Å²) < 4.78 is 36.1. The Balaban J connectivity index is 3.17. The fourth-order valence-electron chi connectivity index (χ4n) is 0.842. The van der Waals surface area contributed by atoms with Crippen molar-refractivity contribution in [1.29, 1.82) is 5.41 Å². The summed E-state index contributed by atoms with van der Waals surface area (Å²) in [4.78, 5) is 0. The van der Waals surface area contributed by atoms with Gasteiger partial charge in [-0.15, -0.1) is 0 Å². The maximum Gasteiger partial charge on any atom is 0.416 e. The Labute approximate surface area is 72.1 Å². The van der Waals surface area contributed by atoms with Crippen LogP contribution in [0.3, 0.4) is 0 Å². The number of nitrogens with one attached hydrogen (secondary N) is 1. The minimum atomic E-state index is -4.46. The van der Waals surface area contributed by atoms with E-state index in [1.807, 2.05) is 0 Å². The number of benzene rings is 1. The summed E-state index contributed by atoms with van der Waals surface area (Å²) in [6.07, 6.45) is -3.67. The van der Waals surface area contributed by atoms with Gasteiger partial charge in [-0.25, -0.2) is 0 Å². The van der Waals surface area contributed by atoms with Gasteiger partial charge in [0.25, 0.3) is 0 Å². The van der Waals surface area contributed by atoms with Crippen LogP contribution in [0.5, 0.6) is 5.75 Å². The molecule has 1 aromatic carbocycles. The largest absolute Gasteiger partial charge is 0.507 e. The van der Waals surface area contributed by atoms with Crippen LogP contribution in [-0.2, 0) is 6.18 Å². The van der Waals surface area contributed by atoms with Crippen LogP contribution in [0.15, 0.2) is 18.2 Å². The zero-order valence-corrected chi connectivity index (χ0v) is 6.39. The summed E-state index contributed by atoms with van der Waals surface area (Å²) in [5, 5.41) is 15.7. The minimum absolute atomic E-state index is 0.0630. The summed E-state index contributed by atoms with van der Waals surface area (Å²) in [5.74, 6) is -0.537. The molecule has 0 bridgehead atoms. The minimum Gasteiger partial charge on any atom is -0.507 e. The van der Waals surface area contributed by atoms with Crippen LogP contribution in [0.4, 0.5) is 13.2 Å². The van der Waals surface area contributed by atoms with Crippen LogP contribution in [0.25, 0.3) is 0 Å². The molecule has 0 aromatic heterocycles. The standard InChI is InChI=1S/C8H6F3NO/c9-8(10,11)6-2-1-5(4-12)7(13)3-6/h1-4,12-13H. The molecule has 0 fully saturated rings. The summed E-state index contributed by atoms with van der Waals surface area (Å²) in [6.45, 7) is 0. The first-order chi connectivity index (χ1) is 5.95. The summed E-state index contributed by atoms with van der Waals surface area (Å²) in [7, 11) is 0. The van der Waals surface area contributed by atoms with Crippen molar-refractivity contribution < 1.29 is 18.3 Å². The highest BCUT2D eigenvalue weighted by Crippen LogP contribution is 2.31. The van der Waals surface area contributed by atoms with Gasteiger partial charge in [0.2, 0.25) is 0 Å². The lowest BCUT2D eigenvalue weighted by Gasteiger charge is -2.07. The fourth-order valence-corrected chi connectivity index (χ4v) is 0.842. The lowest BCUT2D eigenvalue weighted by atomic mass is 10.1. The third-order valence-corrected chi connectivity index (χ3v) is 1.51. The first-order valence-electron chi connectivity index (χ1n) is 3.36. The zero-order chi connectivity index (χ0) is 10.1. The molecule has 0 saturated carbocycles. The van der Waals surface area contributed by atoms with Crippen molar-refractivity contribution in [2.24, 2.45) is 0 Å². The molecule has 13 heavy (non-hydrogen) atoms. The molecule has 0 spiro atoms. The van der Waals surface area contributed by atoms with E-state index in [4.69, 9.17) is 10.5 Å². The predicted octanol–water partition coefficient (Wildman–Crippen LogP) is 2.41. The lowest BCUT2D eigenvalue weighted by Crippen LogP contribution is -2.04. The van der Waals surface area contributed by atoms with E-state index < -0.39 is 17.5 Å². The topological polar surface area (TPSA) is 44.1 Å². The van der Waals surface area contributed by atoms with Crippen LogP contribution in [0.2, 0.25) is 0 Å². The molecule has 5 heteroatoms. The number of hydrogen-bond donors (Lipinski definition) is 2. The Morgan fingerprint density at radius 3 is 2.31 bits per heavy atom. The van der Waals surface area contributed by atoms with E-state index in [-0.39, 0.29) is 5.56 Å². The molecule has 0 aliphatic carbocycles. The highest BCUT2D eigenvalue weighted by molar-refractivity contribution is 5.81. The third kappa shape index (κ3) is 1.99. The molecule has 1 rings (SSSR count). The molecule has 2 nitrogen and oxygen atoms in total. The van der Waals surface area contributed by atoms with E-state index in [1.165, 1.54) is 0 Å². The molecule has 0 aliphatic rings. The number of phenols is 1. The number of phenolic OH excluding ortho intramolecular Hbond substituents is 1. The van der Waals surface area contributed by atoms with Crippen LogP contribution in [0, 0.1) is 5.41 Å². The van der Waals surface area contributed by atoms with Gasteiger partial charge in [0.1, 0.15) is 5.75 Å². The van der Waals surface area contributed by atoms with Crippen LogP contribution < -0.4 is 0 Å². The summed E-state index contributed by atoms with van der Waals surface area (Å²) in [5.41, 5.74) is -0.858. The molecule has 2 N–H and O–H groups in total. The van der Waals surface area contributed by atoms with Crippen LogP contribution >= 0.6 is 0 Å². The maximum atomic E-state index is 12.0. The van der Waals surface area contributed by atoms with E-state index in [0.717, 1.165) is 18.3 Å². The van der Waals surface area contributed by atoms with E-state index in [9.17, 15) is 13.2 Å². The first-order valence-corrected chi connectivity index (χ1v) is 3.36. The molecule has 0 unspecified atom stereocenters. The number of alkyl halides is 3. The second-order valence-corrected chi connectivity index (χ2v) is 2.42. The van der Waals surface area contributed by atoms with E-state index in [0.29, 0.717) is 6.07 Å². The van der Waals surface area contributed by atoms with Gasteiger partial charge >= 0.3 is 6.18 Å². The Bertz CT molecular complexity index is 333. The molecule has 0 heterocycles. The number of halogens is 3. The van der Waals surface area contributed by atoms with E-state index in [2.05, 4.69) is 0 Å². The molecule has 1 aromatic rings. The van der Waals surface area contributed by atoms with Crippen molar-refractivity contribution in [2.75, 3.05) is 0 Å². The Kier molecular flexibility index (Phi) is 2.27. The average molecular weight is 189 g/mol. The number of hydrogen-bond acceptors (Lipinski definition) is 2. The van der Waals surface area contributed by atoms with Crippen molar-refractivity contribution >= 4 is 6.21 Å².